The minimum absolute atomic E-state index is 0.681. The molecule has 0 heterocycles. The Hall–Kier alpha value is -1.12. The van der Waals surface area contributed by atoms with E-state index in [2.05, 4.69) is 9.98 Å². The van der Waals surface area contributed by atoms with E-state index in [-0.39, 0.29) is 0 Å². The monoisotopic (exact) mass is 125 g/mol. The van der Waals surface area contributed by atoms with Crippen molar-refractivity contribution < 1.29 is 0 Å². The van der Waals surface area contributed by atoms with Gasteiger partial charge < -0.3 is 5.73 Å². The SMILES string of the molecule is CC=NC(C=NC)=CN. The fraction of sp³-hybridized carbons (Fsp3) is 0.333. The smallest absolute Gasteiger partial charge is 0.0957 e. The molecule has 2 N–H and O–H groups in total. The fourth-order valence-electron chi connectivity index (χ4n) is 0.401. The molecule has 0 saturated heterocycles. The molecule has 0 saturated carbocycles. The summed E-state index contributed by atoms with van der Waals surface area (Å²) in [5.41, 5.74) is 5.86. The summed E-state index contributed by atoms with van der Waals surface area (Å²) in [7, 11) is 1.68. The first-order valence-electron chi connectivity index (χ1n) is 2.68. The van der Waals surface area contributed by atoms with Crippen molar-refractivity contribution in [3.05, 3.63) is 11.9 Å². The summed E-state index contributed by atoms with van der Waals surface area (Å²) < 4.78 is 0. The molecule has 50 valence electrons. The molecule has 0 aromatic carbocycles. The third-order valence-corrected chi connectivity index (χ3v) is 0.710. The van der Waals surface area contributed by atoms with Gasteiger partial charge in [0.25, 0.3) is 0 Å². The number of nitrogens with two attached hydrogens (primary N) is 1. The van der Waals surface area contributed by atoms with E-state index in [0.29, 0.717) is 5.70 Å². The molecule has 0 aromatic rings. The normalized spacial score (nSPS) is 13.8. The van der Waals surface area contributed by atoms with Gasteiger partial charge in [-0.2, -0.15) is 0 Å². The van der Waals surface area contributed by atoms with E-state index in [1.54, 1.807) is 19.5 Å². The lowest BCUT2D eigenvalue weighted by atomic mass is 10.5. The number of nitrogens with zero attached hydrogens (tertiary/aromatic N) is 2. The average molecular weight is 125 g/mol. The Morgan fingerprint density at radius 3 is 2.56 bits per heavy atom. The molecule has 9 heavy (non-hydrogen) atoms. The van der Waals surface area contributed by atoms with Crippen LogP contribution in [0.4, 0.5) is 0 Å². The van der Waals surface area contributed by atoms with Gasteiger partial charge in [-0.15, -0.1) is 0 Å². The van der Waals surface area contributed by atoms with Gasteiger partial charge in [0.2, 0.25) is 0 Å². The van der Waals surface area contributed by atoms with Crippen LogP contribution in [0.15, 0.2) is 21.9 Å². The van der Waals surface area contributed by atoms with Crippen molar-refractivity contribution in [2.75, 3.05) is 7.05 Å². The highest BCUT2D eigenvalue weighted by atomic mass is 14.8. The number of rotatable bonds is 2. The molecule has 0 bridgehead atoms. The van der Waals surface area contributed by atoms with E-state index < -0.39 is 0 Å². The molecule has 0 aliphatic rings. The van der Waals surface area contributed by atoms with Gasteiger partial charge in [0.1, 0.15) is 0 Å². The van der Waals surface area contributed by atoms with Gasteiger partial charge in [0.05, 0.1) is 5.70 Å². The van der Waals surface area contributed by atoms with Crippen molar-refractivity contribution in [2.45, 2.75) is 6.92 Å². The van der Waals surface area contributed by atoms with Gasteiger partial charge >= 0.3 is 0 Å². The first-order valence-corrected chi connectivity index (χ1v) is 2.68. The van der Waals surface area contributed by atoms with Gasteiger partial charge in [-0.3, -0.25) is 9.98 Å². The molecule has 0 fully saturated rings. The van der Waals surface area contributed by atoms with E-state index in [0.717, 1.165) is 0 Å². The van der Waals surface area contributed by atoms with Gasteiger partial charge in [-0.25, -0.2) is 0 Å². The van der Waals surface area contributed by atoms with Crippen LogP contribution in [0.5, 0.6) is 0 Å². The Bertz CT molecular complexity index is 130. The van der Waals surface area contributed by atoms with E-state index in [9.17, 15) is 0 Å². The Morgan fingerprint density at radius 2 is 2.22 bits per heavy atom. The molecule has 0 aliphatic carbocycles. The topological polar surface area (TPSA) is 50.7 Å². The molecule has 0 rings (SSSR count). The molecule has 0 aliphatic heterocycles. The maximum absolute atomic E-state index is 5.18. The van der Waals surface area contributed by atoms with Crippen molar-refractivity contribution in [3.8, 4) is 0 Å². The lowest BCUT2D eigenvalue weighted by Gasteiger charge is -1.85. The average Bonchev–Trinajstić information content (AvgIpc) is 1.88. The van der Waals surface area contributed by atoms with Crippen molar-refractivity contribution in [2.24, 2.45) is 15.7 Å². The first-order chi connectivity index (χ1) is 4.35. The summed E-state index contributed by atoms with van der Waals surface area (Å²) >= 11 is 0. The van der Waals surface area contributed by atoms with Crippen LogP contribution in [0.25, 0.3) is 0 Å². The van der Waals surface area contributed by atoms with Gasteiger partial charge in [0.15, 0.2) is 0 Å². The second kappa shape index (κ2) is 5.03. The summed E-state index contributed by atoms with van der Waals surface area (Å²) in [6.45, 7) is 1.83. The largest absolute Gasteiger partial charge is 0.403 e. The van der Waals surface area contributed by atoms with Gasteiger partial charge in [-0.05, 0) is 6.92 Å². The van der Waals surface area contributed by atoms with Gasteiger partial charge in [-0.1, -0.05) is 0 Å². The summed E-state index contributed by atoms with van der Waals surface area (Å²) in [6.07, 6.45) is 4.67. The Kier molecular flexibility index (Phi) is 4.40. The molecule has 0 aromatic heterocycles. The van der Waals surface area contributed by atoms with Crippen LogP contribution in [0.2, 0.25) is 0 Å². The third-order valence-electron chi connectivity index (χ3n) is 0.710. The van der Waals surface area contributed by atoms with E-state index in [1.165, 1.54) is 6.20 Å². The second-order valence-electron chi connectivity index (χ2n) is 1.37. The Morgan fingerprint density at radius 1 is 1.56 bits per heavy atom. The molecule has 0 unspecified atom stereocenters. The maximum atomic E-state index is 5.18. The van der Waals surface area contributed by atoms with Crippen LogP contribution < -0.4 is 5.73 Å². The molecule has 0 spiro atoms. The standard InChI is InChI=1S/C6H11N3/c1-3-9-6(4-7)5-8-2/h3-5H,7H2,1-2H3. The van der Waals surface area contributed by atoms with Crippen LogP contribution in [-0.2, 0) is 0 Å². The first kappa shape index (κ1) is 7.88. The predicted molar refractivity (Wildman–Crippen MR) is 40.9 cm³/mol. The zero-order valence-corrected chi connectivity index (χ0v) is 5.70. The summed E-state index contributed by atoms with van der Waals surface area (Å²) in [5.74, 6) is 0. The number of hydrogen-bond acceptors (Lipinski definition) is 3. The predicted octanol–water partition coefficient (Wildman–Crippen LogP) is 0.578. The summed E-state index contributed by atoms with van der Waals surface area (Å²) in [6, 6.07) is 0. The maximum Gasteiger partial charge on any atom is 0.0957 e. The van der Waals surface area contributed by atoms with Crippen LogP contribution >= 0.6 is 0 Å². The number of aliphatic imine (C=N–C) groups is 2. The van der Waals surface area contributed by atoms with Crippen LogP contribution in [-0.4, -0.2) is 19.5 Å². The molecular formula is C6H11N3. The zero-order valence-electron chi connectivity index (χ0n) is 5.70. The van der Waals surface area contributed by atoms with E-state index in [1.807, 2.05) is 6.92 Å². The van der Waals surface area contributed by atoms with Crippen LogP contribution in [0.1, 0.15) is 6.92 Å². The fourth-order valence-corrected chi connectivity index (χ4v) is 0.401. The lowest BCUT2D eigenvalue weighted by Crippen LogP contribution is -1.87. The second-order valence-corrected chi connectivity index (χ2v) is 1.37. The summed E-state index contributed by atoms with van der Waals surface area (Å²) in [4.78, 5) is 7.63. The number of hydrogen-bond donors (Lipinski definition) is 1. The Labute approximate surface area is 55.0 Å². The molecule has 0 atom stereocenters. The lowest BCUT2D eigenvalue weighted by molar-refractivity contribution is 1.38. The minimum atomic E-state index is 0.681. The molecule has 0 radical (unpaired) electrons. The highest BCUT2D eigenvalue weighted by molar-refractivity contribution is 5.80. The van der Waals surface area contributed by atoms with Crippen molar-refractivity contribution in [1.82, 2.24) is 0 Å². The van der Waals surface area contributed by atoms with Crippen molar-refractivity contribution in [1.29, 1.82) is 0 Å². The van der Waals surface area contributed by atoms with Crippen LogP contribution in [0.3, 0.4) is 0 Å². The van der Waals surface area contributed by atoms with E-state index >= 15 is 0 Å². The molecule has 0 amide bonds. The number of allylic oxidation sites excluding steroid dienone is 1. The quantitative estimate of drug-likeness (QED) is 0.539. The highest BCUT2D eigenvalue weighted by Gasteiger charge is 1.79. The highest BCUT2D eigenvalue weighted by Crippen LogP contribution is 1.86. The zero-order chi connectivity index (χ0) is 7.11. The Balaban J connectivity index is 4.01. The van der Waals surface area contributed by atoms with Gasteiger partial charge in [0, 0.05) is 25.7 Å². The molecule has 3 nitrogen and oxygen atoms in total. The van der Waals surface area contributed by atoms with Crippen LogP contribution in [0, 0.1) is 0 Å². The minimum Gasteiger partial charge on any atom is -0.403 e. The van der Waals surface area contributed by atoms with E-state index in [4.69, 9.17) is 5.73 Å². The summed E-state index contributed by atoms with van der Waals surface area (Å²) in [5, 5.41) is 0. The third kappa shape index (κ3) is 3.46. The molecular weight excluding hydrogens is 114 g/mol. The van der Waals surface area contributed by atoms with Crippen molar-refractivity contribution >= 4 is 12.4 Å². The molecule has 3 heteroatoms. The van der Waals surface area contributed by atoms with Crippen molar-refractivity contribution in [3.63, 3.8) is 0 Å².